The van der Waals surface area contributed by atoms with E-state index in [-0.39, 0.29) is 6.42 Å². The molecule has 1 saturated heterocycles. The number of amides is 3. The molecule has 6 nitrogen and oxygen atoms in total. The van der Waals surface area contributed by atoms with Crippen molar-refractivity contribution in [3.05, 3.63) is 24.3 Å². The smallest absolute Gasteiger partial charge is 0.330 e. The highest BCUT2D eigenvalue weighted by atomic mass is 16.5. The van der Waals surface area contributed by atoms with Gasteiger partial charge in [-0.05, 0) is 12.1 Å². The first-order valence-electron chi connectivity index (χ1n) is 5.07. The fraction of sp³-hybridized carbons (Fsp3) is 0.273. The van der Waals surface area contributed by atoms with Gasteiger partial charge in [0.05, 0.1) is 19.2 Å². The third kappa shape index (κ3) is 2.21. The van der Waals surface area contributed by atoms with E-state index in [9.17, 15) is 14.7 Å². The number of imide groups is 1. The van der Waals surface area contributed by atoms with Crippen molar-refractivity contribution in [3.63, 3.8) is 0 Å². The number of anilines is 1. The second kappa shape index (κ2) is 4.42. The van der Waals surface area contributed by atoms with Crippen LogP contribution in [0.1, 0.15) is 6.42 Å². The van der Waals surface area contributed by atoms with Crippen molar-refractivity contribution in [1.82, 2.24) is 5.32 Å². The summed E-state index contributed by atoms with van der Waals surface area (Å²) in [5.41, 5.74) is 0.416. The maximum absolute atomic E-state index is 11.7. The van der Waals surface area contributed by atoms with Gasteiger partial charge in [-0.25, -0.2) is 9.69 Å². The van der Waals surface area contributed by atoms with Crippen LogP contribution in [0.4, 0.5) is 10.5 Å². The molecule has 6 heteroatoms. The zero-order chi connectivity index (χ0) is 12.4. The maximum atomic E-state index is 11.7. The van der Waals surface area contributed by atoms with E-state index in [4.69, 9.17) is 4.74 Å². The van der Waals surface area contributed by atoms with Crippen molar-refractivity contribution in [1.29, 1.82) is 0 Å². The van der Waals surface area contributed by atoms with Crippen molar-refractivity contribution >= 4 is 17.6 Å². The van der Waals surface area contributed by atoms with Crippen LogP contribution in [0.2, 0.25) is 0 Å². The number of rotatable bonds is 2. The monoisotopic (exact) mass is 236 g/mol. The molecule has 2 rings (SSSR count). The number of aliphatic hydroxyl groups is 1. The average Bonchev–Trinajstić information content (AvgIpc) is 2.28. The number of urea groups is 1. The number of hydrogen-bond donors (Lipinski definition) is 2. The Balaban J connectivity index is 2.31. The number of carbonyl (C=O) groups is 2. The summed E-state index contributed by atoms with van der Waals surface area (Å²) in [7, 11) is 1.50. The second-order valence-electron chi connectivity index (χ2n) is 3.60. The summed E-state index contributed by atoms with van der Waals surface area (Å²) in [5, 5.41) is 11.5. The van der Waals surface area contributed by atoms with Crippen LogP contribution in [0.25, 0.3) is 0 Å². The zero-order valence-corrected chi connectivity index (χ0v) is 9.21. The van der Waals surface area contributed by atoms with Crippen molar-refractivity contribution in [2.24, 2.45) is 0 Å². The molecule has 1 aliphatic heterocycles. The highest BCUT2D eigenvalue weighted by molar-refractivity contribution is 6.16. The largest absolute Gasteiger partial charge is 0.497 e. The fourth-order valence-electron chi connectivity index (χ4n) is 1.64. The Kier molecular flexibility index (Phi) is 2.97. The molecule has 1 aromatic carbocycles. The fourth-order valence-corrected chi connectivity index (χ4v) is 1.64. The van der Waals surface area contributed by atoms with Crippen LogP contribution in [-0.4, -0.2) is 30.4 Å². The predicted octanol–water partition coefficient (Wildman–Crippen LogP) is 0.460. The van der Waals surface area contributed by atoms with Gasteiger partial charge in [-0.15, -0.1) is 0 Å². The molecule has 0 radical (unpaired) electrons. The third-order valence-corrected chi connectivity index (χ3v) is 2.42. The summed E-state index contributed by atoms with van der Waals surface area (Å²) >= 11 is 0. The molecule has 1 aliphatic rings. The molecule has 0 saturated carbocycles. The van der Waals surface area contributed by atoms with Gasteiger partial charge in [0.15, 0.2) is 0 Å². The number of benzene rings is 1. The molecule has 1 unspecified atom stereocenters. The van der Waals surface area contributed by atoms with E-state index in [1.807, 2.05) is 0 Å². The molecule has 1 heterocycles. The number of nitrogens with one attached hydrogen (secondary N) is 1. The molecular formula is C11H12N2O4. The van der Waals surface area contributed by atoms with E-state index < -0.39 is 18.2 Å². The molecule has 0 bridgehead atoms. The molecule has 0 spiro atoms. The highest BCUT2D eigenvalue weighted by Crippen LogP contribution is 2.23. The number of hydrogen-bond acceptors (Lipinski definition) is 4. The quantitative estimate of drug-likeness (QED) is 0.781. The lowest BCUT2D eigenvalue weighted by molar-refractivity contribution is -0.121. The molecule has 2 N–H and O–H groups in total. The zero-order valence-electron chi connectivity index (χ0n) is 9.21. The predicted molar refractivity (Wildman–Crippen MR) is 59.6 cm³/mol. The van der Waals surface area contributed by atoms with Crippen LogP contribution in [0.3, 0.4) is 0 Å². The number of ether oxygens (including phenoxy) is 1. The van der Waals surface area contributed by atoms with E-state index in [0.717, 1.165) is 4.90 Å². The molecule has 0 aromatic heterocycles. The topological polar surface area (TPSA) is 78.9 Å². The molecule has 1 aromatic rings. The van der Waals surface area contributed by atoms with E-state index in [0.29, 0.717) is 11.4 Å². The number of carbonyl (C=O) groups excluding carboxylic acids is 2. The standard InChI is InChI=1S/C11H12N2O4/c1-17-8-4-2-3-7(5-8)13-10(15)6-9(14)12-11(13)16/h2-5,9,14H,6H2,1H3,(H,12,16). The van der Waals surface area contributed by atoms with E-state index >= 15 is 0 Å². The Hall–Kier alpha value is -2.08. The maximum Gasteiger partial charge on any atom is 0.330 e. The van der Waals surface area contributed by atoms with Crippen molar-refractivity contribution in [2.75, 3.05) is 12.0 Å². The van der Waals surface area contributed by atoms with Gasteiger partial charge < -0.3 is 15.2 Å². The number of nitrogens with zero attached hydrogens (tertiary/aromatic N) is 1. The highest BCUT2D eigenvalue weighted by Gasteiger charge is 2.32. The normalized spacial score (nSPS) is 20.1. The van der Waals surface area contributed by atoms with Crippen LogP contribution in [0, 0.1) is 0 Å². The third-order valence-electron chi connectivity index (χ3n) is 2.42. The first kappa shape index (κ1) is 11.4. The summed E-state index contributed by atoms with van der Waals surface area (Å²) in [6.07, 6.45) is -1.25. The molecule has 17 heavy (non-hydrogen) atoms. The average molecular weight is 236 g/mol. The summed E-state index contributed by atoms with van der Waals surface area (Å²) in [5.74, 6) is 0.101. The lowest BCUT2D eigenvalue weighted by Gasteiger charge is -2.28. The SMILES string of the molecule is COc1cccc(N2C(=O)CC(O)NC2=O)c1. The van der Waals surface area contributed by atoms with Gasteiger partial charge in [-0.1, -0.05) is 6.07 Å². The van der Waals surface area contributed by atoms with Crippen LogP contribution >= 0.6 is 0 Å². The minimum absolute atomic E-state index is 0.136. The first-order valence-corrected chi connectivity index (χ1v) is 5.07. The number of aliphatic hydroxyl groups excluding tert-OH is 1. The summed E-state index contributed by atoms with van der Waals surface area (Å²) in [6, 6.07) is 5.96. The summed E-state index contributed by atoms with van der Waals surface area (Å²) in [6.45, 7) is 0. The van der Waals surface area contributed by atoms with Gasteiger partial charge in [0.1, 0.15) is 12.0 Å². The number of methoxy groups -OCH3 is 1. The molecule has 0 aliphatic carbocycles. The van der Waals surface area contributed by atoms with Crippen molar-refractivity contribution < 1.29 is 19.4 Å². The van der Waals surface area contributed by atoms with Crippen molar-refractivity contribution in [2.45, 2.75) is 12.6 Å². The van der Waals surface area contributed by atoms with Gasteiger partial charge in [-0.3, -0.25) is 4.79 Å². The Bertz CT molecular complexity index is 443. The van der Waals surface area contributed by atoms with Crippen LogP contribution in [-0.2, 0) is 4.79 Å². The van der Waals surface area contributed by atoms with Gasteiger partial charge in [0.2, 0.25) is 5.91 Å². The minimum Gasteiger partial charge on any atom is -0.497 e. The van der Waals surface area contributed by atoms with Crippen LogP contribution < -0.4 is 15.0 Å². The molecule has 1 fully saturated rings. The molecule has 90 valence electrons. The van der Waals surface area contributed by atoms with Gasteiger partial charge >= 0.3 is 6.03 Å². The molecular weight excluding hydrogens is 224 g/mol. The lowest BCUT2D eigenvalue weighted by atomic mass is 10.2. The summed E-state index contributed by atoms with van der Waals surface area (Å²) < 4.78 is 5.02. The van der Waals surface area contributed by atoms with Gasteiger partial charge in [0.25, 0.3) is 0 Å². The van der Waals surface area contributed by atoms with Crippen LogP contribution in [0.15, 0.2) is 24.3 Å². The Morgan fingerprint density at radius 2 is 2.24 bits per heavy atom. The first-order chi connectivity index (χ1) is 8.11. The Morgan fingerprint density at radius 1 is 1.47 bits per heavy atom. The molecule has 1 atom stereocenters. The molecule has 3 amide bonds. The lowest BCUT2D eigenvalue weighted by Crippen LogP contribution is -2.54. The van der Waals surface area contributed by atoms with E-state index in [1.165, 1.54) is 7.11 Å². The van der Waals surface area contributed by atoms with Gasteiger partial charge in [0, 0.05) is 6.07 Å². The van der Waals surface area contributed by atoms with Crippen molar-refractivity contribution in [3.8, 4) is 5.75 Å². The minimum atomic E-state index is -1.11. The summed E-state index contributed by atoms with van der Waals surface area (Å²) in [4.78, 5) is 24.3. The Morgan fingerprint density at radius 3 is 2.88 bits per heavy atom. The second-order valence-corrected chi connectivity index (χ2v) is 3.60. The van der Waals surface area contributed by atoms with E-state index in [1.54, 1.807) is 24.3 Å². The van der Waals surface area contributed by atoms with E-state index in [2.05, 4.69) is 5.32 Å². The van der Waals surface area contributed by atoms with Crippen LogP contribution in [0.5, 0.6) is 5.75 Å². The Labute approximate surface area is 97.8 Å². The van der Waals surface area contributed by atoms with Gasteiger partial charge in [-0.2, -0.15) is 0 Å².